The number of nitrogens with one attached hydrogen (secondary N) is 1. The first-order valence-corrected chi connectivity index (χ1v) is 7.54. The van der Waals surface area contributed by atoms with Gasteiger partial charge >= 0.3 is 0 Å². The number of hydrogen-bond donors (Lipinski definition) is 1. The van der Waals surface area contributed by atoms with Crippen molar-refractivity contribution in [1.82, 2.24) is 25.4 Å². The van der Waals surface area contributed by atoms with Crippen molar-refractivity contribution in [2.75, 3.05) is 18.0 Å². The Balaban J connectivity index is 1.91. The summed E-state index contributed by atoms with van der Waals surface area (Å²) in [6.07, 6.45) is 2.48. The Hall–Kier alpha value is -2.51. The van der Waals surface area contributed by atoms with Crippen LogP contribution < -0.4 is 10.2 Å². The summed E-state index contributed by atoms with van der Waals surface area (Å²) in [7, 11) is 0. The van der Waals surface area contributed by atoms with E-state index in [1.807, 2.05) is 24.9 Å². The van der Waals surface area contributed by atoms with Crippen LogP contribution in [0.15, 0.2) is 10.7 Å². The highest BCUT2D eigenvalue weighted by molar-refractivity contribution is 5.74. The number of aromatic nitrogens is 4. The van der Waals surface area contributed by atoms with Crippen LogP contribution in [0.4, 0.5) is 5.95 Å². The molecular weight excluding hydrogens is 296 g/mol. The van der Waals surface area contributed by atoms with Crippen LogP contribution in [0.1, 0.15) is 36.3 Å². The quantitative estimate of drug-likeness (QED) is 0.903. The fraction of sp³-hybridized carbons (Fsp3) is 0.533. The van der Waals surface area contributed by atoms with Crippen LogP contribution in [-0.4, -0.2) is 39.1 Å². The van der Waals surface area contributed by atoms with Gasteiger partial charge in [-0.05, 0) is 25.8 Å². The van der Waals surface area contributed by atoms with Crippen molar-refractivity contribution < 1.29 is 9.32 Å². The van der Waals surface area contributed by atoms with E-state index in [-0.39, 0.29) is 5.91 Å². The van der Waals surface area contributed by atoms with E-state index >= 15 is 0 Å². The van der Waals surface area contributed by atoms with Gasteiger partial charge in [-0.1, -0.05) is 5.16 Å². The van der Waals surface area contributed by atoms with Crippen molar-refractivity contribution in [1.29, 1.82) is 0 Å². The van der Waals surface area contributed by atoms with Gasteiger partial charge in [0.25, 0.3) is 0 Å². The predicted molar refractivity (Wildman–Crippen MR) is 82.9 cm³/mol. The van der Waals surface area contributed by atoms with E-state index in [4.69, 9.17) is 4.52 Å². The summed E-state index contributed by atoms with van der Waals surface area (Å²) in [5.74, 6) is 1.50. The average molecular weight is 316 g/mol. The first-order valence-electron chi connectivity index (χ1n) is 7.54. The summed E-state index contributed by atoms with van der Waals surface area (Å²) < 4.78 is 5.10. The third-order valence-electron chi connectivity index (χ3n) is 4.14. The molecule has 1 aliphatic rings. The van der Waals surface area contributed by atoms with Crippen molar-refractivity contribution in [2.24, 2.45) is 0 Å². The molecule has 122 valence electrons. The van der Waals surface area contributed by atoms with Crippen molar-refractivity contribution in [3.63, 3.8) is 0 Å². The Morgan fingerprint density at radius 3 is 2.74 bits per heavy atom. The minimum atomic E-state index is -0.675. The molecule has 0 aromatic carbocycles. The fourth-order valence-electron chi connectivity index (χ4n) is 2.82. The van der Waals surface area contributed by atoms with Gasteiger partial charge in [-0.2, -0.15) is 4.98 Å². The summed E-state index contributed by atoms with van der Waals surface area (Å²) in [4.78, 5) is 27.0. The Bertz CT molecular complexity index is 743. The molecule has 0 spiro atoms. The predicted octanol–water partition coefficient (Wildman–Crippen LogP) is 1.03. The molecule has 8 heteroatoms. The van der Waals surface area contributed by atoms with Crippen molar-refractivity contribution in [2.45, 2.75) is 39.7 Å². The van der Waals surface area contributed by atoms with Gasteiger partial charge in [0.15, 0.2) is 5.82 Å². The third-order valence-corrected chi connectivity index (χ3v) is 4.14. The smallest absolute Gasteiger partial charge is 0.225 e. The molecule has 1 aliphatic heterocycles. The maximum Gasteiger partial charge on any atom is 0.225 e. The topological polar surface area (TPSA) is 97.0 Å². The van der Waals surface area contributed by atoms with Gasteiger partial charge in [0.05, 0.1) is 6.54 Å². The van der Waals surface area contributed by atoms with Gasteiger partial charge in [-0.15, -0.1) is 0 Å². The SMILES string of the molecule is CC(=O)NC1(c2noc(C)n2)CCN(c2ncc(C)c(C)n2)C1. The maximum atomic E-state index is 11.7. The maximum absolute atomic E-state index is 11.7. The number of carbonyl (C=O) groups excluding carboxylic acids is 1. The molecule has 8 nitrogen and oxygen atoms in total. The molecule has 23 heavy (non-hydrogen) atoms. The Morgan fingerprint density at radius 2 is 2.13 bits per heavy atom. The molecule has 0 saturated carbocycles. The molecular formula is C15H20N6O2. The molecule has 1 unspecified atom stereocenters. The van der Waals surface area contributed by atoms with E-state index in [1.165, 1.54) is 6.92 Å². The van der Waals surface area contributed by atoms with Gasteiger partial charge < -0.3 is 14.7 Å². The van der Waals surface area contributed by atoms with Crippen LogP contribution in [0, 0.1) is 20.8 Å². The molecule has 3 heterocycles. The molecule has 2 aromatic heterocycles. The largest absolute Gasteiger partial charge is 0.342 e. The van der Waals surface area contributed by atoms with Crippen molar-refractivity contribution in [3.05, 3.63) is 29.2 Å². The number of nitrogens with zero attached hydrogens (tertiary/aromatic N) is 5. The molecule has 1 atom stereocenters. The van der Waals surface area contributed by atoms with E-state index in [0.29, 0.717) is 37.2 Å². The zero-order valence-electron chi connectivity index (χ0n) is 13.8. The van der Waals surface area contributed by atoms with Gasteiger partial charge in [0, 0.05) is 32.3 Å². The number of hydrogen-bond acceptors (Lipinski definition) is 7. The average Bonchev–Trinajstić information content (AvgIpc) is 3.09. The molecule has 0 bridgehead atoms. The first-order chi connectivity index (χ1) is 10.9. The molecule has 2 aromatic rings. The van der Waals surface area contributed by atoms with Crippen LogP contribution in [0.3, 0.4) is 0 Å². The summed E-state index contributed by atoms with van der Waals surface area (Å²) in [5, 5.41) is 7.00. The van der Waals surface area contributed by atoms with Crippen LogP contribution in [0.5, 0.6) is 0 Å². The van der Waals surface area contributed by atoms with Gasteiger partial charge in [-0.3, -0.25) is 4.79 Å². The summed E-state index contributed by atoms with van der Waals surface area (Å²) in [6.45, 7) is 8.37. The number of carbonyl (C=O) groups is 1. The number of rotatable bonds is 3. The van der Waals surface area contributed by atoms with Crippen LogP contribution in [0.2, 0.25) is 0 Å². The lowest BCUT2D eigenvalue weighted by Gasteiger charge is -2.26. The molecule has 1 saturated heterocycles. The highest BCUT2D eigenvalue weighted by atomic mass is 16.5. The monoisotopic (exact) mass is 316 g/mol. The number of amides is 1. The lowest BCUT2D eigenvalue weighted by Crippen LogP contribution is -2.48. The lowest BCUT2D eigenvalue weighted by molar-refractivity contribution is -0.120. The van der Waals surface area contributed by atoms with E-state index < -0.39 is 5.54 Å². The standard InChI is InChI=1S/C15H20N6O2/c1-9-7-16-14(17-10(9)2)21-6-5-15(8-21,19-11(3)22)13-18-12(4)23-20-13/h7H,5-6,8H2,1-4H3,(H,19,22). The van der Waals surface area contributed by atoms with E-state index in [1.54, 1.807) is 6.92 Å². The Kier molecular flexibility index (Phi) is 3.75. The first kappa shape index (κ1) is 15.4. The van der Waals surface area contributed by atoms with E-state index in [2.05, 4.69) is 25.4 Å². The second-order valence-corrected chi connectivity index (χ2v) is 6.01. The molecule has 3 rings (SSSR count). The zero-order valence-corrected chi connectivity index (χ0v) is 13.8. The molecule has 1 amide bonds. The van der Waals surface area contributed by atoms with Crippen molar-refractivity contribution in [3.8, 4) is 0 Å². The summed E-state index contributed by atoms with van der Waals surface area (Å²) in [5.41, 5.74) is 1.32. The van der Waals surface area contributed by atoms with E-state index in [0.717, 1.165) is 11.3 Å². The van der Waals surface area contributed by atoms with Crippen LogP contribution >= 0.6 is 0 Å². The van der Waals surface area contributed by atoms with Crippen LogP contribution in [0.25, 0.3) is 0 Å². The highest BCUT2D eigenvalue weighted by Crippen LogP contribution is 2.32. The Labute approximate surface area is 134 Å². The molecule has 0 aliphatic carbocycles. The molecule has 1 N–H and O–H groups in total. The molecule has 0 radical (unpaired) electrons. The van der Waals surface area contributed by atoms with Gasteiger partial charge in [0.2, 0.25) is 17.7 Å². The minimum absolute atomic E-state index is 0.129. The lowest BCUT2D eigenvalue weighted by atomic mass is 9.97. The van der Waals surface area contributed by atoms with Gasteiger partial charge in [-0.25, -0.2) is 9.97 Å². The summed E-state index contributed by atoms with van der Waals surface area (Å²) >= 11 is 0. The van der Waals surface area contributed by atoms with E-state index in [9.17, 15) is 4.79 Å². The minimum Gasteiger partial charge on any atom is -0.342 e. The third kappa shape index (κ3) is 2.88. The summed E-state index contributed by atoms with van der Waals surface area (Å²) in [6, 6.07) is 0. The number of aryl methyl sites for hydroxylation is 3. The highest BCUT2D eigenvalue weighted by Gasteiger charge is 2.45. The second-order valence-electron chi connectivity index (χ2n) is 6.01. The molecule has 1 fully saturated rings. The van der Waals surface area contributed by atoms with Crippen LogP contribution in [-0.2, 0) is 10.3 Å². The zero-order chi connectivity index (χ0) is 16.6. The fourth-order valence-corrected chi connectivity index (χ4v) is 2.82. The second kappa shape index (κ2) is 5.60. The van der Waals surface area contributed by atoms with Gasteiger partial charge in [0.1, 0.15) is 5.54 Å². The number of anilines is 1. The Morgan fingerprint density at radius 1 is 1.35 bits per heavy atom. The van der Waals surface area contributed by atoms with Crippen molar-refractivity contribution >= 4 is 11.9 Å². The normalized spacial score (nSPS) is 20.8.